The molecule has 0 bridgehead atoms. The summed E-state index contributed by atoms with van der Waals surface area (Å²) in [6.45, 7) is 2.13. The lowest BCUT2D eigenvalue weighted by molar-refractivity contribution is -0.129. The lowest BCUT2D eigenvalue weighted by Crippen LogP contribution is -2.32. The summed E-state index contributed by atoms with van der Waals surface area (Å²) < 4.78 is 11.6. The zero-order valence-electron chi connectivity index (χ0n) is 15.9. The molecule has 6 nitrogen and oxygen atoms in total. The van der Waals surface area contributed by atoms with Crippen LogP contribution in [0.4, 0.5) is 0 Å². The van der Waals surface area contributed by atoms with Crippen LogP contribution in [-0.4, -0.2) is 46.3 Å². The summed E-state index contributed by atoms with van der Waals surface area (Å²) in [7, 11) is 0. The van der Waals surface area contributed by atoms with Crippen LogP contribution in [0, 0.1) is 0 Å². The predicted molar refractivity (Wildman–Crippen MR) is 114 cm³/mol. The van der Waals surface area contributed by atoms with E-state index in [9.17, 15) is 4.79 Å². The Balaban J connectivity index is 1.31. The molecule has 0 N–H and O–H groups in total. The Labute approximate surface area is 177 Å². The van der Waals surface area contributed by atoms with Gasteiger partial charge >= 0.3 is 0 Å². The van der Waals surface area contributed by atoms with Gasteiger partial charge in [0.1, 0.15) is 16.2 Å². The molecule has 2 aliphatic rings. The number of aromatic nitrogens is 2. The van der Waals surface area contributed by atoms with E-state index in [-0.39, 0.29) is 11.9 Å². The summed E-state index contributed by atoms with van der Waals surface area (Å²) in [5.41, 5.74) is 1.12. The maximum Gasteiger partial charge on any atom is 0.233 e. The molecule has 150 valence electrons. The number of carbonyl (C=O) groups is 1. The quantitative estimate of drug-likeness (QED) is 0.457. The van der Waals surface area contributed by atoms with Crippen molar-refractivity contribution in [1.82, 2.24) is 14.9 Å². The van der Waals surface area contributed by atoms with Gasteiger partial charge in [-0.1, -0.05) is 17.8 Å². The average Bonchev–Trinajstić information content (AvgIpc) is 3.37. The molecule has 5 rings (SSSR count). The number of likely N-dealkylation sites (tertiary alicyclic amines) is 1. The molecule has 2 aromatic heterocycles. The third kappa shape index (κ3) is 3.79. The van der Waals surface area contributed by atoms with Gasteiger partial charge in [0, 0.05) is 18.4 Å². The van der Waals surface area contributed by atoms with Gasteiger partial charge in [0.15, 0.2) is 11.5 Å². The van der Waals surface area contributed by atoms with Gasteiger partial charge in [-0.05, 0) is 42.0 Å². The number of benzene rings is 1. The van der Waals surface area contributed by atoms with Crippen LogP contribution in [0.15, 0.2) is 41.0 Å². The smallest absolute Gasteiger partial charge is 0.233 e. The lowest BCUT2D eigenvalue weighted by Gasteiger charge is -2.25. The molecule has 0 saturated carbocycles. The molecule has 2 aliphatic heterocycles. The first-order chi connectivity index (χ1) is 14.3. The van der Waals surface area contributed by atoms with E-state index in [0.717, 1.165) is 58.1 Å². The van der Waals surface area contributed by atoms with Crippen molar-refractivity contribution in [3.63, 3.8) is 0 Å². The Kier molecular flexibility index (Phi) is 5.28. The Hall–Kier alpha value is -2.32. The van der Waals surface area contributed by atoms with Gasteiger partial charge in [-0.25, -0.2) is 9.97 Å². The van der Waals surface area contributed by atoms with Crippen LogP contribution in [0.2, 0.25) is 0 Å². The van der Waals surface area contributed by atoms with Crippen molar-refractivity contribution in [2.75, 3.05) is 25.5 Å². The summed E-state index contributed by atoms with van der Waals surface area (Å²) in [6.07, 6.45) is 4.44. The molecule has 1 fully saturated rings. The summed E-state index contributed by atoms with van der Waals surface area (Å²) in [5.74, 6) is 2.10. The van der Waals surface area contributed by atoms with E-state index >= 15 is 0 Å². The van der Waals surface area contributed by atoms with Crippen molar-refractivity contribution < 1.29 is 14.3 Å². The predicted octanol–water partition coefficient (Wildman–Crippen LogP) is 4.31. The molecule has 0 spiro atoms. The van der Waals surface area contributed by atoms with Crippen LogP contribution in [0.1, 0.15) is 30.9 Å². The molecule has 1 amide bonds. The molecule has 0 aliphatic carbocycles. The first kappa shape index (κ1) is 18.7. The van der Waals surface area contributed by atoms with Crippen molar-refractivity contribution in [2.45, 2.75) is 30.3 Å². The fraction of sp³-hybridized carbons (Fsp3) is 0.381. The number of rotatable bonds is 4. The summed E-state index contributed by atoms with van der Waals surface area (Å²) >= 11 is 3.08. The standard InChI is InChI=1S/C21H21N3O3S2/c25-19(12-29-21-15-6-10-28-20(15)22-13-23-21)24-7-1-3-16(24)14-4-5-17-18(11-14)27-9-2-8-26-17/h4-6,10-11,13,16H,1-3,7-9,12H2/t16-/m1/s1. The number of thiophene rings is 1. The largest absolute Gasteiger partial charge is 0.490 e. The van der Waals surface area contributed by atoms with E-state index in [1.165, 1.54) is 11.8 Å². The molecular formula is C21H21N3O3S2. The van der Waals surface area contributed by atoms with Crippen molar-refractivity contribution in [2.24, 2.45) is 0 Å². The maximum absolute atomic E-state index is 13.0. The van der Waals surface area contributed by atoms with E-state index in [4.69, 9.17) is 9.47 Å². The van der Waals surface area contributed by atoms with Gasteiger partial charge in [0.05, 0.1) is 25.0 Å². The van der Waals surface area contributed by atoms with Crippen LogP contribution in [0.3, 0.4) is 0 Å². The third-order valence-electron chi connectivity index (χ3n) is 5.29. The molecule has 1 aromatic carbocycles. The highest BCUT2D eigenvalue weighted by atomic mass is 32.2. The highest BCUT2D eigenvalue weighted by Crippen LogP contribution is 2.38. The monoisotopic (exact) mass is 427 g/mol. The topological polar surface area (TPSA) is 64.6 Å². The van der Waals surface area contributed by atoms with Crippen LogP contribution in [0.25, 0.3) is 10.2 Å². The van der Waals surface area contributed by atoms with Gasteiger partial charge in [-0.2, -0.15) is 0 Å². The van der Waals surface area contributed by atoms with Gasteiger partial charge in [-0.3, -0.25) is 4.79 Å². The number of nitrogens with zero attached hydrogens (tertiary/aromatic N) is 3. The zero-order chi connectivity index (χ0) is 19.6. The van der Waals surface area contributed by atoms with Crippen molar-refractivity contribution in [3.05, 3.63) is 41.5 Å². The van der Waals surface area contributed by atoms with Gasteiger partial charge in [-0.15, -0.1) is 11.3 Å². The molecule has 0 radical (unpaired) electrons. The van der Waals surface area contributed by atoms with Gasteiger partial charge < -0.3 is 14.4 Å². The minimum absolute atomic E-state index is 0.0896. The second-order valence-electron chi connectivity index (χ2n) is 7.11. The van der Waals surface area contributed by atoms with E-state index in [0.29, 0.717) is 19.0 Å². The molecule has 0 unspecified atom stereocenters. The van der Waals surface area contributed by atoms with E-state index < -0.39 is 0 Å². The average molecular weight is 428 g/mol. The van der Waals surface area contributed by atoms with Gasteiger partial charge in [0.25, 0.3) is 0 Å². The van der Waals surface area contributed by atoms with Crippen molar-refractivity contribution >= 4 is 39.2 Å². The van der Waals surface area contributed by atoms with Crippen LogP contribution < -0.4 is 9.47 Å². The van der Waals surface area contributed by atoms with E-state index in [1.807, 2.05) is 28.5 Å². The minimum Gasteiger partial charge on any atom is -0.490 e. The zero-order valence-corrected chi connectivity index (χ0v) is 17.5. The van der Waals surface area contributed by atoms with Crippen molar-refractivity contribution in [1.29, 1.82) is 0 Å². The fourth-order valence-electron chi connectivity index (χ4n) is 3.89. The normalized spacial score (nSPS) is 18.8. The number of hydrogen-bond donors (Lipinski definition) is 0. The second kappa shape index (κ2) is 8.20. The SMILES string of the molecule is O=C(CSc1ncnc2sccc12)N1CCC[C@@H]1c1ccc2c(c1)OCCCO2. The minimum atomic E-state index is 0.0896. The van der Waals surface area contributed by atoms with E-state index in [1.54, 1.807) is 17.7 Å². The number of ether oxygens (including phenoxy) is 2. The second-order valence-corrected chi connectivity index (χ2v) is 8.97. The Morgan fingerprint density at radius 1 is 1.17 bits per heavy atom. The maximum atomic E-state index is 13.0. The van der Waals surface area contributed by atoms with Crippen molar-refractivity contribution in [3.8, 4) is 11.5 Å². The summed E-state index contributed by atoms with van der Waals surface area (Å²) in [6, 6.07) is 8.19. The number of fused-ring (bicyclic) bond motifs is 2. The number of carbonyl (C=O) groups excluding carboxylic acids is 1. The Morgan fingerprint density at radius 2 is 2.07 bits per heavy atom. The molecule has 4 heterocycles. The van der Waals surface area contributed by atoms with Crippen LogP contribution >= 0.6 is 23.1 Å². The number of amides is 1. The van der Waals surface area contributed by atoms with Crippen LogP contribution in [-0.2, 0) is 4.79 Å². The Bertz CT molecular complexity index is 1040. The fourth-order valence-corrected chi connectivity index (χ4v) is 5.56. The molecule has 8 heteroatoms. The van der Waals surface area contributed by atoms with Gasteiger partial charge in [0.2, 0.25) is 5.91 Å². The molecule has 3 aromatic rings. The first-order valence-corrected chi connectivity index (χ1v) is 11.7. The number of hydrogen-bond acceptors (Lipinski definition) is 7. The molecular weight excluding hydrogens is 406 g/mol. The van der Waals surface area contributed by atoms with Crippen LogP contribution in [0.5, 0.6) is 11.5 Å². The molecule has 1 saturated heterocycles. The number of thioether (sulfide) groups is 1. The lowest BCUT2D eigenvalue weighted by atomic mass is 10.0. The highest BCUT2D eigenvalue weighted by molar-refractivity contribution is 8.00. The highest BCUT2D eigenvalue weighted by Gasteiger charge is 2.30. The third-order valence-corrected chi connectivity index (χ3v) is 7.10. The Morgan fingerprint density at radius 3 is 3.00 bits per heavy atom. The van der Waals surface area contributed by atoms with E-state index in [2.05, 4.69) is 16.0 Å². The molecule has 29 heavy (non-hydrogen) atoms. The molecule has 1 atom stereocenters. The summed E-state index contributed by atoms with van der Waals surface area (Å²) in [5, 5.41) is 3.90. The summed E-state index contributed by atoms with van der Waals surface area (Å²) in [4.78, 5) is 24.6. The first-order valence-electron chi connectivity index (χ1n) is 9.79.